The Kier molecular flexibility index (Phi) is 3.30. The van der Waals surface area contributed by atoms with Crippen LogP contribution < -0.4 is 0 Å². The molecule has 6 heteroatoms. The average Bonchev–Trinajstić information content (AvgIpc) is 2.75. The molecular weight excluding hydrogens is 429 g/mol. The van der Waals surface area contributed by atoms with E-state index in [4.69, 9.17) is 0 Å². The van der Waals surface area contributed by atoms with Gasteiger partial charge >= 0.3 is 0 Å². The van der Waals surface area contributed by atoms with E-state index in [2.05, 4.69) is 48.5 Å². The Balaban J connectivity index is 2.23. The second-order valence-electron chi connectivity index (χ2n) is 3.99. The van der Waals surface area contributed by atoms with E-state index >= 15 is 0 Å². The molecular formula is C13H6BrF2IN2. The molecule has 0 bridgehead atoms. The number of fused-ring (bicyclic) bond motifs is 1. The number of nitrogens with one attached hydrogen (secondary N) is 1. The second-order valence-corrected chi connectivity index (χ2v) is 6.07. The summed E-state index contributed by atoms with van der Waals surface area (Å²) in [5.41, 5.74) is 1.77. The van der Waals surface area contributed by atoms with Gasteiger partial charge in [-0.15, -0.1) is 0 Å². The first-order chi connectivity index (χ1) is 9.04. The minimum Gasteiger partial charge on any atom is -0.338 e. The van der Waals surface area contributed by atoms with E-state index in [9.17, 15) is 8.78 Å². The molecule has 0 unspecified atom stereocenters. The van der Waals surface area contributed by atoms with Crippen LogP contribution in [0.1, 0.15) is 0 Å². The SMILES string of the molecule is Fc1cc2nc(-c3cc(Br)ccc3I)[nH]c2cc1F. The van der Waals surface area contributed by atoms with E-state index in [0.29, 0.717) is 16.9 Å². The largest absolute Gasteiger partial charge is 0.338 e. The topological polar surface area (TPSA) is 28.7 Å². The number of hydrogen-bond donors (Lipinski definition) is 1. The van der Waals surface area contributed by atoms with Crippen LogP contribution in [0, 0.1) is 15.2 Å². The van der Waals surface area contributed by atoms with Crippen molar-refractivity contribution in [3.05, 3.63) is 50.0 Å². The first-order valence-corrected chi connectivity index (χ1v) is 7.22. The molecule has 19 heavy (non-hydrogen) atoms. The first-order valence-electron chi connectivity index (χ1n) is 5.35. The summed E-state index contributed by atoms with van der Waals surface area (Å²) in [6, 6.07) is 7.98. The molecule has 0 radical (unpaired) electrons. The summed E-state index contributed by atoms with van der Waals surface area (Å²) in [5, 5.41) is 0. The van der Waals surface area contributed by atoms with Crippen LogP contribution >= 0.6 is 38.5 Å². The number of nitrogens with zero attached hydrogens (tertiary/aromatic N) is 1. The molecule has 1 N–H and O–H groups in total. The molecule has 0 aliphatic rings. The molecule has 0 spiro atoms. The maximum absolute atomic E-state index is 13.2. The zero-order valence-corrected chi connectivity index (χ0v) is 13.1. The lowest BCUT2D eigenvalue weighted by Crippen LogP contribution is -1.84. The highest BCUT2D eigenvalue weighted by Crippen LogP contribution is 2.28. The Morgan fingerprint density at radius 1 is 1.11 bits per heavy atom. The molecule has 0 aliphatic heterocycles. The monoisotopic (exact) mass is 434 g/mol. The lowest BCUT2D eigenvalue weighted by atomic mass is 10.2. The van der Waals surface area contributed by atoms with Gasteiger partial charge in [-0.05, 0) is 40.8 Å². The molecule has 0 atom stereocenters. The van der Waals surface area contributed by atoms with Crippen LogP contribution in [0.2, 0.25) is 0 Å². The van der Waals surface area contributed by atoms with Crippen molar-refractivity contribution in [2.45, 2.75) is 0 Å². The molecule has 0 fully saturated rings. The summed E-state index contributed by atoms with van der Waals surface area (Å²) >= 11 is 5.59. The summed E-state index contributed by atoms with van der Waals surface area (Å²) in [6.07, 6.45) is 0. The molecule has 0 saturated heterocycles. The van der Waals surface area contributed by atoms with Crippen molar-refractivity contribution in [1.82, 2.24) is 9.97 Å². The molecule has 0 amide bonds. The number of aromatic amines is 1. The minimum absolute atomic E-state index is 0.407. The normalized spacial score (nSPS) is 11.2. The first kappa shape index (κ1) is 13.0. The van der Waals surface area contributed by atoms with E-state index in [1.807, 2.05) is 18.2 Å². The van der Waals surface area contributed by atoms with Crippen molar-refractivity contribution >= 4 is 49.6 Å². The fourth-order valence-electron chi connectivity index (χ4n) is 1.81. The molecule has 1 heterocycles. The summed E-state index contributed by atoms with van der Waals surface area (Å²) in [6.45, 7) is 0. The number of aromatic nitrogens is 2. The molecule has 2 nitrogen and oxygen atoms in total. The van der Waals surface area contributed by atoms with Crippen LogP contribution in [0.4, 0.5) is 8.78 Å². The Labute approximate surface area is 129 Å². The van der Waals surface area contributed by atoms with Gasteiger partial charge in [-0.25, -0.2) is 13.8 Å². The smallest absolute Gasteiger partial charge is 0.161 e. The van der Waals surface area contributed by atoms with E-state index in [0.717, 1.165) is 25.7 Å². The third kappa shape index (κ3) is 2.38. The Morgan fingerprint density at radius 2 is 1.84 bits per heavy atom. The number of hydrogen-bond acceptors (Lipinski definition) is 1. The zero-order valence-electron chi connectivity index (χ0n) is 9.35. The van der Waals surface area contributed by atoms with Gasteiger partial charge in [0.2, 0.25) is 0 Å². The lowest BCUT2D eigenvalue weighted by molar-refractivity contribution is 0.510. The van der Waals surface area contributed by atoms with Crippen LogP contribution in [-0.4, -0.2) is 9.97 Å². The quantitative estimate of drug-likeness (QED) is 0.543. The van der Waals surface area contributed by atoms with Gasteiger partial charge in [0, 0.05) is 25.7 Å². The van der Waals surface area contributed by atoms with Gasteiger partial charge < -0.3 is 4.98 Å². The molecule has 0 saturated carbocycles. The van der Waals surface area contributed by atoms with E-state index in [1.165, 1.54) is 0 Å². The maximum Gasteiger partial charge on any atom is 0.161 e. The Hall–Kier alpha value is -1.02. The molecule has 0 aliphatic carbocycles. The van der Waals surface area contributed by atoms with Gasteiger partial charge in [0.15, 0.2) is 11.6 Å². The van der Waals surface area contributed by atoms with Crippen LogP contribution in [-0.2, 0) is 0 Å². The van der Waals surface area contributed by atoms with Crippen LogP contribution in [0.15, 0.2) is 34.8 Å². The zero-order chi connectivity index (χ0) is 13.6. The van der Waals surface area contributed by atoms with Gasteiger partial charge in [-0.1, -0.05) is 15.9 Å². The molecule has 1 aromatic heterocycles. The Bertz CT molecular complexity index is 747. The van der Waals surface area contributed by atoms with Gasteiger partial charge in [0.05, 0.1) is 11.0 Å². The lowest BCUT2D eigenvalue weighted by Gasteiger charge is -2.01. The van der Waals surface area contributed by atoms with Crippen molar-refractivity contribution in [3.63, 3.8) is 0 Å². The minimum atomic E-state index is -0.894. The van der Waals surface area contributed by atoms with Crippen molar-refractivity contribution in [3.8, 4) is 11.4 Å². The predicted octanol–water partition coefficient (Wildman–Crippen LogP) is 4.88. The van der Waals surface area contributed by atoms with Crippen LogP contribution in [0.25, 0.3) is 22.4 Å². The van der Waals surface area contributed by atoms with Gasteiger partial charge in [-0.3, -0.25) is 0 Å². The van der Waals surface area contributed by atoms with Gasteiger partial charge in [0.1, 0.15) is 5.82 Å². The van der Waals surface area contributed by atoms with Crippen molar-refractivity contribution < 1.29 is 8.78 Å². The molecule has 3 aromatic rings. The number of benzene rings is 2. The van der Waals surface area contributed by atoms with Crippen LogP contribution in [0.3, 0.4) is 0 Å². The Morgan fingerprint density at radius 3 is 2.63 bits per heavy atom. The average molecular weight is 435 g/mol. The highest BCUT2D eigenvalue weighted by Gasteiger charge is 2.12. The highest BCUT2D eigenvalue weighted by atomic mass is 127. The molecule has 96 valence electrons. The predicted molar refractivity (Wildman–Crippen MR) is 81.9 cm³/mol. The van der Waals surface area contributed by atoms with Crippen molar-refractivity contribution in [1.29, 1.82) is 0 Å². The fraction of sp³-hybridized carbons (Fsp3) is 0. The van der Waals surface area contributed by atoms with E-state index in [-0.39, 0.29) is 0 Å². The highest BCUT2D eigenvalue weighted by molar-refractivity contribution is 14.1. The van der Waals surface area contributed by atoms with E-state index in [1.54, 1.807) is 0 Å². The number of imidazole rings is 1. The summed E-state index contributed by atoms with van der Waals surface area (Å²) in [4.78, 5) is 7.30. The number of rotatable bonds is 1. The summed E-state index contributed by atoms with van der Waals surface area (Å²) in [7, 11) is 0. The summed E-state index contributed by atoms with van der Waals surface area (Å²) in [5.74, 6) is -1.19. The fourth-order valence-corrected chi connectivity index (χ4v) is 2.76. The number of H-pyrrole nitrogens is 1. The summed E-state index contributed by atoms with van der Waals surface area (Å²) < 4.78 is 28.3. The number of halogens is 4. The van der Waals surface area contributed by atoms with Crippen molar-refractivity contribution in [2.24, 2.45) is 0 Å². The standard InChI is InChI=1S/C13H6BrF2IN2/c14-6-1-2-10(17)7(3-6)13-18-11-4-8(15)9(16)5-12(11)19-13/h1-5H,(H,18,19). The third-order valence-electron chi connectivity index (χ3n) is 2.71. The molecule has 2 aromatic carbocycles. The van der Waals surface area contributed by atoms with Crippen LogP contribution in [0.5, 0.6) is 0 Å². The molecule has 3 rings (SSSR count). The van der Waals surface area contributed by atoms with Gasteiger partial charge in [-0.2, -0.15) is 0 Å². The van der Waals surface area contributed by atoms with Gasteiger partial charge in [0.25, 0.3) is 0 Å². The maximum atomic E-state index is 13.2. The van der Waals surface area contributed by atoms with Crippen molar-refractivity contribution in [2.75, 3.05) is 0 Å². The second kappa shape index (κ2) is 4.82. The van der Waals surface area contributed by atoms with E-state index < -0.39 is 11.6 Å². The third-order valence-corrected chi connectivity index (χ3v) is 4.14.